The minimum Gasteiger partial charge on any atom is -0.446 e. The van der Waals surface area contributed by atoms with E-state index in [1.165, 1.54) is 0 Å². The van der Waals surface area contributed by atoms with Crippen molar-refractivity contribution in [1.82, 2.24) is 20.0 Å². The van der Waals surface area contributed by atoms with Crippen molar-refractivity contribution in [2.45, 2.75) is 70.5 Å². The lowest BCUT2D eigenvalue weighted by atomic mass is 9.82. The standard InChI is InChI=1S/C30H33N5O5/c1-21(38-28-5-2-3-16-37-28)29-32-14-15-35(29)20-25-19-27(40-34-25)24-10-8-22(9-11-24)6-7-23-17-26(18-23)39-30(36)33-13-4-12-31/h8-11,14-15,19,21,23,26,28H,2-5,13,16-18,20H2,1H3,(H,33,36)/t21-,23?,26?,28-/m0/s1. The Balaban J connectivity index is 1.11. The van der Waals surface area contributed by atoms with Gasteiger partial charge in [-0.05, 0) is 63.3 Å². The van der Waals surface area contributed by atoms with Gasteiger partial charge in [-0.1, -0.05) is 17.0 Å². The van der Waals surface area contributed by atoms with Crippen molar-refractivity contribution in [3.8, 4) is 29.2 Å². The summed E-state index contributed by atoms with van der Waals surface area (Å²) in [4.78, 5) is 16.1. The van der Waals surface area contributed by atoms with Gasteiger partial charge in [-0.25, -0.2) is 9.78 Å². The fourth-order valence-electron chi connectivity index (χ4n) is 4.71. The number of amides is 1. The van der Waals surface area contributed by atoms with Crippen LogP contribution in [-0.4, -0.2) is 46.3 Å². The number of alkyl carbamates (subject to hydrolysis) is 1. The number of carbonyl (C=O) groups is 1. The van der Waals surface area contributed by atoms with Gasteiger partial charge in [0.25, 0.3) is 0 Å². The van der Waals surface area contributed by atoms with Crippen molar-refractivity contribution >= 4 is 6.09 Å². The van der Waals surface area contributed by atoms with Gasteiger partial charge in [0.1, 0.15) is 23.7 Å². The molecule has 2 aromatic heterocycles. The zero-order valence-electron chi connectivity index (χ0n) is 22.5. The van der Waals surface area contributed by atoms with Crippen molar-refractivity contribution in [1.29, 1.82) is 5.26 Å². The summed E-state index contributed by atoms with van der Waals surface area (Å²) in [5.41, 5.74) is 2.61. The number of nitrogens with one attached hydrogen (secondary N) is 1. The number of hydrogen-bond acceptors (Lipinski definition) is 8. The molecule has 1 aliphatic carbocycles. The van der Waals surface area contributed by atoms with E-state index in [9.17, 15) is 4.79 Å². The Hall–Kier alpha value is -4.12. The van der Waals surface area contributed by atoms with Gasteiger partial charge in [0.05, 0.1) is 19.0 Å². The molecule has 1 amide bonds. The predicted molar refractivity (Wildman–Crippen MR) is 144 cm³/mol. The monoisotopic (exact) mass is 543 g/mol. The number of carbonyl (C=O) groups excluding carboxylic acids is 1. The molecule has 0 spiro atoms. The molecule has 0 unspecified atom stereocenters. The Morgan fingerprint density at radius 1 is 1.27 bits per heavy atom. The maximum Gasteiger partial charge on any atom is 0.407 e. The van der Waals surface area contributed by atoms with E-state index in [4.69, 9.17) is 24.0 Å². The van der Waals surface area contributed by atoms with Crippen molar-refractivity contribution in [2.24, 2.45) is 5.92 Å². The first-order valence-electron chi connectivity index (χ1n) is 13.7. The summed E-state index contributed by atoms with van der Waals surface area (Å²) in [6, 6.07) is 11.8. The fourth-order valence-corrected chi connectivity index (χ4v) is 4.71. The Kier molecular flexibility index (Phi) is 9.12. The van der Waals surface area contributed by atoms with Crippen LogP contribution in [0.3, 0.4) is 0 Å². The first kappa shape index (κ1) is 27.4. The van der Waals surface area contributed by atoms with Crippen LogP contribution in [0.5, 0.6) is 0 Å². The summed E-state index contributed by atoms with van der Waals surface area (Å²) in [6.07, 6.45) is 7.52. The van der Waals surface area contributed by atoms with Crippen molar-refractivity contribution in [3.05, 3.63) is 59.8 Å². The number of aromatic nitrogens is 3. The van der Waals surface area contributed by atoms with Gasteiger partial charge in [-0.2, -0.15) is 5.26 Å². The SMILES string of the molecule is C[C@H](O[C@H]1CCCCO1)c1nccn1Cc1cc(-c2ccc(C#CC3CC(OC(=O)NCCC#N)C3)cc2)on1. The molecule has 0 bridgehead atoms. The summed E-state index contributed by atoms with van der Waals surface area (Å²) in [6.45, 7) is 3.55. The topological polar surface area (TPSA) is 124 Å². The smallest absolute Gasteiger partial charge is 0.407 e. The van der Waals surface area contributed by atoms with Gasteiger partial charge in [0, 0.05) is 48.7 Å². The van der Waals surface area contributed by atoms with Crippen LogP contribution in [-0.2, 0) is 20.8 Å². The summed E-state index contributed by atoms with van der Waals surface area (Å²) < 4.78 is 24.8. The third kappa shape index (κ3) is 7.29. The number of nitriles is 1. The zero-order valence-corrected chi connectivity index (χ0v) is 22.5. The fraction of sp³-hybridized carbons (Fsp3) is 0.467. The average molecular weight is 544 g/mol. The Morgan fingerprint density at radius 3 is 2.90 bits per heavy atom. The molecule has 0 radical (unpaired) electrons. The maximum absolute atomic E-state index is 11.6. The van der Waals surface area contributed by atoms with Crippen LogP contribution < -0.4 is 5.32 Å². The highest BCUT2D eigenvalue weighted by Gasteiger charge is 2.31. The van der Waals surface area contributed by atoms with Crippen LogP contribution in [0.2, 0.25) is 0 Å². The molecule has 3 aromatic rings. The third-order valence-electron chi connectivity index (χ3n) is 6.96. The molecule has 2 fully saturated rings. The number of nitrogens with zero attached hydrogens (tertiary/aromatic N) is 4. The van der Waals surface area contributed by atoms with Gasteiger partial charge in [-0.15, -0.1) is 0 Å². The molecule has 1 aromatic carbocycles. The van der Waals surface area contributed by atoms with E-state index in [1.54, 1.807) is 6.20 Å². The van der Waals surface area contributed by atoms with E-state index in [-0.39, 0.29) is 30.8 Å². The Morgan fingerprint density at radius 2 is 2.12 bits per heavy atom. The van der Waals surface area contributed by atoms with Gasteiger partial charge >= 0.3 is 6.09 Å². The molecule has 40 heavy (non-hydrogen) atoms. The lowest BCUT2D eigenvalue weighted by Gasteiger charge is -2.31. The van der Waals surface area contributed by atoms with Crippen molar-refractivity contribution in [2.75, 3.05) is 13.2 Å². The number of rotatable bonds is 9. The highest BCUT2D eigenvalue weighted by atomic mass is 16.7. The average Bonchev–Trinajstić information content (AvgIpc) is 3.61. The molecule has 208 valence electrons. The van der Waals surface area contributed by atoms with Gasteiger partial charge in [0.15, 0.2) is 12.1 Å². The van der Waals surface area contributed by atoms with E-state index < -0.39 is 6.09 Å². The molecule has 3 heterocycles. The molecule has 1 N–H and O–H groups in total. The number of ether oxygens (including phenoxy) is 3. The number of imidazole rings is 1. The zero-order chi connectivity index (χ0) is 27.7. The van der Waals surface area contributed by atoms with E-state index in [1.807, 2.05) is 54.1 Å². The maximum atomic E-state index is 11.6. The summed E-state index contributed by atoms with van der Waals surface area (Å²) in [5, 5.41) is 15.3. The second kappa shape index (κ2) is 13.3. The van der Waals surface area contributed by atoms with Crippen LogP contribution in [0.4, 0.5) is 4.79 Å². The summed E-state index contributed by atoms with van der Waals surface area (Å²) in [5.74, 6) is 8.16. The molecule has 2 atom stereocenters. The Labute approximate surface area is 233 Å². The van der Waals surface area contributed by atoms with Gasteiger partial charge in [0.2, 0.25) is 0 Å². The largest absolute Gasteiger partial charge is 0.446 e. The molecule has 1 saturated heterocycles. The second-order valence-corrected chi connectivity index (χ2v) is 10.0. The third-order valence-corrected chi connectivity index (χ3v) is 6.96. The Bertz CT molecular complexity index is 1370. The molecule has 10 nitrogen and oxygen atoms in total. The molecule has 1 aliphatic heterocycles. The van der Waals surface area contributed by atoms with Crippen molar-refractivity contribution < 1.29 is 23.5 Å². The minimum atomic E-state index is -0.475. The van der Waals surface area contributed by atoms with E-state index in [2.05, 4.69) is 27.3 Å². The first-order chi connectivity index (χ1) is 19.6. The van der Waals surface area contributed by atoms with Crippen molar-refractivity contribution in [3.63, 3.8) is 0 Å². The van der Waals surface area contributed by atoms with Gasteiger partial charge < -0.3 is 28.6 Å². The van der Waals surface area contributed by atoms with Crippen LogP contribution in [0, 0.1) is 29.1 Å². The van der Waals surface area contributed by atoms with E-state index in [0.29, 0.717) is 18.8 Å². The lowest BCUT2D eigenvalue weighted by molar-refractivity contribution is -0.188. The molecular formula is C30H33N5O5. The molecule has 10 heteroatoms. The van der Waals surface area contributed by atoms with Crippen LogP contribution >= 0.6 is 0 Å². The summed E-state index contributed by atoms with van der Waals surface area (Å²) >= 11 is 0. The predicted octanol–water partition coefficient (Wildman–Crippen LogP) is 4.96. The van der Waals surface area contributed by atoms with Crippen LogP contribution in [0.15, 0.2) is 47.2 Å². The quantitative estimate of drug-likeness (QED) is 0.297. The first-order valence-corrected chi connectivity index (χ1v) is 13.7. The minimum absolute atomic E-state index is 0.121. The lowest BCUT2D eigenvalue weighted by Crippen LogP contribution is -2.36. The van der Waals surface area contributed by atoms with Gasteiger partial charge in [-0.3, -0.25) is 0 Å². The molecule has 2 aliphatic rings. The molecular weight excluding hydrogens is 510 g/mol. The molecule has 1 saturated carbocycles. The van der Waals surface area contributed by atoms with Crippen LogP contribution in [0.1, 0.15) is 68.6 Å². The van der Waals surface area contributed by atoms with E-state index >= 15 is 0 Å². The van der Waals surface area contributed by atoms with E-state index in [0.717, 1.165) is 61.4 Å². The van der Waals surface area contributed by atoms with Crippen LogP contribution in [0.25, 0.3) is 11.3 Å². The highest BCUT2D eigenvalue weighted by Crippen LogP contribution is 2.30. The number of benzene rings is 1. The number of hydrogen-bond donors (Lipinski definition) is 1. The summed E-state index contributed by atoms with van der Waals surface area (Å²) in [7, 11) is 0. The highest BCUT2D eigenvalue weighted by molar-refractivity contribution is 5.67. The molecule has 5 rings (SSSR count). The second-order valence-electron chi connectivity index (χ2n) is 10.0. The normalized spacial score (nSPS) is 20.9.